The molecule has 0 fully saturated rings. The van der Waals surface area contributed by atoms with Crippen molar-refractivity contribution >= 4 is 11.9 Å². The Morgan fingerprint density at radius 1 is 1.26 bits per heavy atom. The molecular weight excluding hydrogens is 296 g/mol. The lowest BCUT2D eigenvalue weighted by molar-refractivity contribution is -0.119. The molecule has 0 spiro atoms. The SMILES string of the molecule is CC(Cc1cnn(C)c1)C(=O)Nc1ncnn1-c1ncccn1. The number of nitrogens with one attached hydrogen (secondary N) is 1. The predicted molar refractivity (Wildman–Crippen MR) is 81.7 cm³/mol. The maximum absolute atomic E-state index is 12.3. The number of hydrogen-bond donors (Lipinski definition) is 1. The van der Waals surface area contributed by atoms with Crippen molar-refractivity contribution < 1.29 is 4.79 Å². The number of carbonyl (C=O) groups excluding carboxylic acids is 1. The van der Waals surface area contributed by atoms with Gasteiger partial charge in [-0.25, -0.2) is 9.97 Å². The number of rotatable bonds is 5. The smallest absolute Gasteiger partial charge is 0.253 e. The summed E-state index contributed by atoms with van der Waals surface area (Å²) in [5.74, 6) is 0.250. The summed E-state index contributed by atoms with van der Waals surface area (Å²) in [6.07, 6.45) is 8.78. The summed E-state index contributed by atoms with van der Waals surface area (Å²) in [4.78, 5) is 24.6. The van der Waals surface area contributed by atoms with Crippen LogP contribution in [0.25, 0.3) is 5.95 Å². The van der Waals surface area contributed by atoms with Crippen molar-refractivity contribution in [3.05, 3.63) is 42.7 Å². The summed E-state index contributed by atoms with van der Waals surface area (Å²) >= 11 is 0. The Hall–Kier alpha value is -3.10. The van der Waals surface area contributed by atoms with Crippen LogP contribution in [0.1, 0.15) is 12.5 Å². The van der Waals surface area contributed by atoms with Gasteiger partial charge in [-0.3, -0.25) is 14.8 Å². The molecule has 3 heterocycles. The van der Waals surface area contributed by atoms with Gasteiger partial charge in [0.1, 0.15) is 6.33 Å². The van der Waals surface area contributed by atoms with Gasteiger partial charge in [0.25, 0.3) is 5.95 Å². The summed E-state index contributed by atoms with van der Waals surface area (Å²) in [7, 11) is 1.84. The van der Waals surface area contributed by atoms with Crippen molar-refractivity contribution in [2.75, 3.05) is 5.32 Å². The highest BCUT2D eigenvalue weighted by Gasteiger charge is 2.18. The lowest BCUT2D eigenvalue weighted by Crippen LogP contribution is -2.24. The average Bonchev–Trinajstić information content (AvgIpc) is 3.17. The van der Waals surface area contributed by atoms with Crippen LogP contribution in [0.4, 0.5) is 5.95 Å². The van der Waals surface area contributed by atoms with E-state index in [-0.39, 0.29) is 11.8 Å². The minimum absolute atomic E-state index is 0.154. The van der Waals surface area contributed by atoms with E-state index in [0.717, 1.165) is 5.56 Å². The van der Waals surface area contributed by atoms with Gasteiger partial charge < -0.3 is 0 Å². The topological polar surface area (TPSA) is 103 Å². The number of amides is 1. The third-order valence-corrected chi connectivity index (χ3v) is 3.27. The lowest BCUT2D eigenvalue weighted by atomic mass is 10.0. The zero-order valence-corrected chi connectivity index (χ0v) is 12.8. The molecule has 118 valence electrons. The fourth-order valence-corrected chi connectivity index (χ4v) is 2.13. The van der Waals surface area contributed by atoms with Crippen LogP contribution in [-0.2, 0) is 18.3 Å². The first-order chi connectivity index (χ1) is 11.1. The number of nitrogens with zero attached hydrogens (tertiary/aromatic N) is 7. The maximum atomic E-state index is 12.3. The van der Waals surface area contributed by atoms with Gasteiger partial charge in [0.2, 0.25) is 11.9 Å². The number of anilines is 1. The molecule has 1 atom stereocenters. The van der Waals surface area contributed by atoms with Crippen molar-refractivity contribution in [2.45, 2.75) is 13.3 Å². The molecule has 9 heteroatoms. The molecule has 0 aliphatic carbocycles. The first kappa shape index (κ1) is 14.8. The molecule has 3 aromatic heterocycles. The van der Waals surface area contributed by atoms with Gasteiger partial charge in [0, 0.05) is 31.6 Å². The maximum Gasteiger partial charge on any atom is 0.253 e. The normalized spacial score (nSPS) is 12.1. The van der Waals surface area contributed by atoms with Gasteiger partial charge in [-0.05, 0) is 18.1 Å². The summed E-state index contributed by atoms with van der Waals surface area (Å²) in [5, 5.41) is 10.9. The van der Waals surface area contributed by atoms with E-state index in [0.29, 0.717) is 18.3 Å². The van der Waals surface area contributed by atoms with Crippen molar-refractivity contribution in [1.29, 1.82) is 0 Å². The molecule has 0 aromatic carbocycles. The van der Waals surface area contributed by atoms with Crippen LogP contribution in [0.3, 0.4) is 0 Å². The van der Waals surface area contributed by atoms with Crippen LogP contribution >= 0.6 is 0 Å². The second-order valence-electron chi connectivity index (χ2n) is 5.16. The van der Waals surface area contributed by atoms with Crippen LogP contribution in [0, 0.1) is 5.92 Å². The first-order valence-electron chi connectivity index (χ1n) is 7.09. The molecule has 0 saturated heterocycles. The molecule has 1 amide bonds. The Morgan fingerprint density at radius 2 is 2.04 bits per heavy atom. The minimum Gasteiger partial charge on any atom is -0.294 e. The molecule has 1 unspecified atom stereocenters. The fraction of sp³-hybridized carbons (Fsp3) is 0.286. The number of aromatic nitrogens is 7. The van der Waals surface area contributed by atoms with E-state index in [1.807, 2.05) is 20.2 Å². The summed E-state index contributed by atoms with van der Waals surface area (Å²) in [6, 6.07) is 1.70. The molecule has 9 nitrogen and oxygen atoms in total. The van der Waals surface area contributed by atoms with E-state index in [1.165, 1.54) is 11.0 Å². The van der Waals surface area contributed by atoms with Gasteiger partial charge >= 0.3 is 0 Å². The summed E-state index contributed by atoms with van der Waals surface area (Å²) in [6.45, 7) is 1.85. The van der Waals surface area contributed by atoms with Crippen molar-refractivity contribution in [3.8, 4) is 5.95 Å². The van der Waals surface area contributed by atoms with Gasteiger partial charge in [-0.15, -0.1) is 0 Å². The molecule has 23 heavy (non-hydrogen) atoms. The van der Waals surface area contributed by atoms with Crippen molar-refractivity contribution in [1.82, 2.24) is 34.5 Å². The molecule has 1 N–H and O–H groups in total. The van der Waals surface area contributed by atoms with E-state index in [2.05, 4.69) is 30.5 Å². The second-order valence-corrected chi connectivity index (χ2v) is 5.16. The highest BCUT2D eigenvalue weighted by Crippen LogP contribution is 2.12. The van der Waals surface area contributed by atoms with E-state index >= 15 is 0 Å². The minimum atomic E-state index is -0.235. The second kappa shape index (κ2) is 6.34. The molecule has 0 bridgehead atoms. The van der Waals surface area contributed by atoms with Gasteiger partial charge in [0.05, 0.1) is 6.20 Å². The Labute approximate surface area is 132 Å². The highest BCUT2D eigenvalue weighted by atomic mass is 16.2. The van der Waals surface area contributed by atoms with Gasteiger partial charge in [0.15, 0.2) is 0 Å². The van der Waals surface area contributed by atoms with Gasteiger partial charge in [-0.2, -0.15) is 19.9 Å². The first-order valence-corrected chi connectivity index (χ1v) is 7.09. The third-order valence-electron chi connectivity index (χ3n) is 3.27. The molecule has 0 saturated carbocycles. The van der Waals surface area contributed by atoms with Crippen molar-refractivity contribution in [2.24, 2.45) is 13.0 Å². The Morgan fingerprint density at radius 3 is 2.74 bits per heavy atom. The largest absolute Gasteiger partial charge is 0.294 e. The molecule has 0 radical (unpaired) electrons. The predicted octanol–water partition coefficient (Wildman–Crippen LogP) is 0.608. The molecule has 3 aromatic rings. The van der Waals surface area contributed by atoms with Crippen molar-refractivity contribution in [3.63, 3.8) is 0 Å². The van der Waals surface area contributed by atoms with Gasteiger partial charge in [-0.1, -0.05) is 6.92 Å². The summed E-state index contributed by atoms with van der Waals surface area (Å²) in [5.41, 5.74) is 1.00. The molecule has 0 aliphatic rings. The third kappa shape index (κ3) is 3.39. The Bertz CT molecular complexity index is 794. The lowest BCUT2D eigenvalue weighted by Gasteiger charge is -2.11. The van der Waals surface area contributed by atoms with E-state index in [1.54, 1.807) is 29.3 Å². The van der Waals surface area contributed by atoms with Crippen LogP contribution in [0.5, 0.6) is 0 Å². The Kier molecular flexibility index (Phi) is 4.09. The number of aryl methyl sites for hydroxylation is 1. The number of carbonyl (C=O) groups is 1. The Balaban J connectivity index is 1.70. The molecule has 3 rings (SSSR count). The molecular formula is C14H16N8O. The van der Waals surface area contributed by atoms with E-state index in [9.17, 15) is 4.79 Å². The molecule has 0 aliphatic heterocycles. The van der Waals surface area contributed by atoms with E-state index < -0.39 is 0 Å². The standard InChI is InChI=1S/C14H16N8O/c1-10(6-11-7-18-21(2)8-11)12(23)20-14-17-9-19-22(14)13-15-4-3-5-16-13/h3-5,7-10H,6H2,1-2H3,(H,17,19,20,23). The number of hydrogen-bond acceptors (Lipinski definition) is 6. The van der Waals surface area contributed by atoms with Crippen LogP contribution in [0.15, 0.2) is 37.2 Å². The van der Waals surface area contributed by atoms with Crippen LogP contribution in [-0.4, -0.2) is 40.4 Å². The zero-order chi connectivity index (χ0) is 16.2. The zero-order valence-electron chi connectivity index (χ0n) is 12.8. The average molecular weight is 312 g/mol. The van der Waals surface area contributed by atoms with Crippen LogP contribution in [0.2, 0.25) is 0 Å². The van der Waals surface area contributed by atoms with Crippen LogP contribution < -0.4 is 5.32 Å². The monoisotopic (exact) mass is 312 g/mol. The fourth-order valence-electron chi connectivity index (χ4n) is 2.13. The quantitative estimate of drug-likeness (QED) is 0.740. The van der Waals surface area contributed by atoms with E-state index in [4.69, 9.17) is 0 Å². The highest BCUT2D eigenvalue weighted by molar-refractivity contribution is 5.91. The summed E-state index contributed by atoms with van der Waals surface area (Å²) < 4.78 is 3.10.